The lowest BCUT2D eigenvalue weighted by Gasteiger charge is -2.22. The zero-order chi connectivity index (χ0) is 12.5. The van der Waals surface area contributed by atoms with Crippen molar-refractivity contribution in [3.63, 3.8) is 0 Å². The molecule has 0 heterocycles. The summed E-state index contributed by atoms with van der Waals surface area (Å²) in [6.07, 6.45) is 7.35. The highest BCUT2D eigenvalue weighted by Crippen LogP contribution is 2.42. The molecule has 0 aromatic rings. The van der Waals surface area contributed by atoms with E-state index in [1.165, 1.54) is 12.8 Å². The highest BCUT2D eigenvalue weighted by Gasteiger charge is 2.35. The van der Waals surface area contributed by atoms with Crippen LogP contribution in [0.15, 0.2) is 12.2 Å². The second-order valence-corrected chi connectivity index (χ2v) is 6.47. The highest BCUT2D eigenvalue weighted by molar-refractivity contribution is 5.78. The number of fused-ring (bicyclic) bond motifs is 2. The Hall–Kier alpha value is -0.830. The van der Waals surface area contributed by atoms with Gasteiger partial charge in [-0.2, -0.15) is 0 Å². The average Bonchev–Trinajstić information content (AvgIpc) is 2.75. The van der Waals surface area contributed by atoms with Gasteiger partial charge in [0, 0.05) is 5.54 Å². The van der Waals surface area contributed by atoms with Gasteiger partial charge in [0.05, 0.1) is 6.54 Å². The summed E-state index contributed by atoms with van der Waals surface area (Å²) in [5.74, 6) is 2.41. The average molecular weight is 236 g/mol. The lowest BCUT2D eigenvalue weighted by atomic mass is 9.94. The molecule has 2 rings (SSSR count). The summed E-state index contributed by atoms with van der Waals surface area (Å²) in [7, 11) is 0. The van der Waals surface area contributed by atoms with Crippen LogP contribution in [0, 0.1) is 17.8 Å². The van der Waals surface area contributed by atoms with E-state index in [1.54, 1.807) is 0 Å². The number of hydrogen-bond donors (Lipinski definition) is 2. The predicted molar refractivity (Wildman–Crippen MR) is 69.6 cm³/mol. The lowest BCUT2D eigenvalue weighted by Crippen LogP contribution is -2.45. The van der Waals surface area contributed by atoms with Gasteiger partial charge in [0.15, 0.2) is 0 Å². The standard InChI is InChI=1S/C14H24N2O/c1-14(2,3)16-13(17)9-15-8-12-7-10-4-5-11(12)6-10/h4-5,10-12,15H,6-9H2,1-3H3,(H,16,17). The first kappa shape index (κ1) is 12.6. The van der Waals surface area contributed by atoms with Crippen LogP contribution in [0.25, 0.3) is 0 Å². The molecule has 2 aliphatic carbocycles. The van der Waals surface area contributed by atoms with E-state index in [2.05, 4.69) is 22.8 Å². The van der Waals surface area contributed by atoms with Crippen LogP contribution >= 0.6 is 0 Å². The number of hydrogen-bond acceptors (Lipinski definition) is 2. The summed E-state index contributed by atoms with van der Waals surface area (Å²) in [5, 5.41) is 6.25. The molecule has 3 unspecified atom stereocenters. The Bertz CT molecular complexity index is 317. The van der Waals surface area contributed by atoms with Gasteiger partial charge in [-0.05, 0) is 57.9 Å². The number of amides is 1. The van der Waals surface area contributed by atoms with Gasteiger partial charge in [0.25, 0.3) is 0 Å². The second-order valence-electron chi connectivity index (χ2n) is 6.47. The Kier molecular flexibility index (Phi) is 3.57. The van der Waals surface area contributed by atoms with E-state index in [0.29, 0.717) is 6.54 Å². The van der Waals surface area contributed by atoms with E-state index in [1.807, 2.05) is 20.8 Å². The molecule has 0 aliphatic heterocycles. The van der Waals surface area contributed by atoms with Crippen LogP contribution in [-0.2, 0) is 4.79 Å². The SMILES string of the molecule is CC(C)(C)NC(=O)CNCC1CC2C=CC1C2. The number of carbonyl (C=O) groups excluding carboxylic acids is 1. The molecule has 0 aromatic heterocycles. The van der Waals surface area contributed by atoms with Gasteiger partial charge in [0.2, 0.25) is 5.91 Å². The van der Waals surface area contributed by atoms with Gasteiger partial charge in [-0.25, -0.2) is 0 Å². The molecule has 0 aromatic carbocycles. The number of allylic oxidation sites excluding steroid dienone is 2. The Morgan fingerprint density at radius 2 is 2.06 bits per heavy atom. The fourth-order valence-electron chi connectivity index (χ4n) is 2.96. The second kappa shape index (κ2) is 4.81. The van der Waals surface area contributed by atoms with E-state index in [4.69, 9.17) is 0 Å². The third-order valence-corrected chi connectivity index (χ3v) is 3.62. The summed E-state index contributed by atoms with van der Waals surface area (Å²) in [4.78, 5) is 11.6. The monoisotopic (exact) mass is 236 g/mol. The molecular weight excluding hydrogens is 212 g/mol. The molecule has 0 saturated heterocycles. The van der Waals surface area contributed by atoms with Gasteiger partial charge >= 0.3 is 0 Å². The Labute approximate surface area is 104 Å². The molecule has 0 spiro atoms. The molecule has 2 aliphatic rings. The molecule has 2 N–H and O–H groups in total. The van der Waals surface area contributed by atoms with Crippen molar-refractivity contribution < 1.29 is 4.79 Å². The van der Waals surface area contributed by atoms with Crippen LogP contribution < -0.4 is 10.6 Å². The van der Waals surface area contributed by atoms with Crippen molar-refractivity contribution in [2.45, 2.75) is 39.2 Å². The first-order chi connectivity index (χ1) is 7.94. The fraction of sp³-hybridized carbons (Fsp3) is 0.786. The van der Waals surface area contributed by atoms with Crippen LogP contribution in [0.4, 0.5) is 0 Å². The number of carbonyl (C=O) groups is 1. The topological polar surface area (TPSA) is 41.1 Å². The normalized spacial score (nSPS) is 30.9. The summed E-state index contributed by atoms with van der Waals surface area (Å²) >= 11 is 0. The molecule has 1 fully saturated rings. The predicted octanol–water partition coefficient (Wildman–Crippen LogP) is 1.70. The van der Waals surface area contributed by atoms with Crippen LogP contribution in [0.2, 0.25) is 0 Å². The van der Waals surface area contributed by atoms with E-state index in [9.17, 15) is 4.79 Å². The molecule has 3 heteroatoms. The largest absolute Gasteiger partial charge is 0.350 e. The van der Waals surface area contributed by atoms with Gasteiger partial charge in [0.1, 0.15) is 0 Å². The smallest absolute Gasteiger partial charge is 0.234 e. The van der Waals surface area contributed by atoms with E-state index in [0.717, 1.165) is 24.3 Å². The molecule has 96 valence electrons. The maximum atomic E-state index is 11.6. The zero-order valence-corrected chi connectivity index (χ0v) is 11.1. The van der Waals surface area contributed by atoms with Crippen LogP contribution in [0.1, 0.15) is 33.6 Å². The molecule has 2 bridgehead atoms. The summed E-state index contributed by atoms with van der Waals surface area (Å²) in [5.41, 5.74) is -0.131. The zero-order valence-electron chi connectivity index (χ0n) is 11.1. The Morgan fingerprint density at radius 1 is 1.29 bits per heavy atom. The third kappa shape index (κ3) is 3.56. The molecule has 3 atom stereocenters. The maximum Gasteiger partial charge on any atom is 0.234 e. The minimum Gasteiger partial charge on any atom is -0.350 e. The molecule has 1 saturated carbocycles. The van der Waals surface area contributed by atoms with Crippen LogP contribution in [0.5, 0.6) is 0 Å². The minimum atomic E-state index is -0.131. The molecule has 1 amide bonds. The quantitative estimate of drug-likeness (QED) is 0.730. The molecular formula is C14H24N2O. The fourth-order valence-corrected chi connectivity index (χ4v) is 2.96. The Balaban J connectivity index is 1.63. The van der Waals surface area contributed by atoms with E-state index < -0.39 is 0 Å². The molecule has 0 radical (unpaired) electrons. The van der Waals surface area contributed by atoms with Crippen LogP contribution in [-0.4, -0.2) is 24.5 Å². The summed E-state index contributed by atoms with van der Waals surface area (Å²) in [6.45, 7) is 7.43. The Morgan fingerprint density at radius 3 is 2.59 bits per heavy atom. The van der Waals surface area contributed by atoms with E-state index >= 15 is 0 Å². The number of nitrogens with one attached hydrogen (secondary N) is 2. The first-order valence-electron chi connectivity index (χ1n) is 6.64. The summed E-state index contributed by atoms with van der Waals surface area (Å²) in [6, 6.07) is 0. The highest BCUT2D eigenvalue weighted by atomic mass is 16.2. The van der Waals surface area contributed by atoms with Gasteiger partial charge in [-0.15, -0.1) is 0 Å². The van der Waals surface area contributed by atoms with Crippen molar-refractivity contribution in [3.8, 4) is 0 Å². The minimum absolute atomic E-state index is 0.0937. The van der Waals surface area contributed by atoms with Gasteiger partial charge in [-0.3, -0.25) is 4.79 Å². The van der Waals surface area contributed by atoms with Crippen LogP contribution in [0.3, 0.4) is 0 Å². The number of rotatable bonds is 4. The van der Waals surface area contributed by atoms with E-state index in [-0.39, 0.29) is 11.4 Å². The summed E-state index contributed by atoms with van der Waals surface area (Å²) < 4.78 is 0. The first-order valence-corrected chi connectivity index (χ1v) is 6.64. The van der Waals surface area contributed by atoms with Gasteiger partial charge in [-0.1, -0.05) is 12.2 Å². The van der Waals surface area contributed by atoms with Gasteiger partial charge < -0.3 is 10.6 Å². The van der Waals surface area contributed by atoms with Crippen molar-refractivity contribution in [1.82, 2.24) is 10.6 Å². The lowest BCUT2D eigenvalue weighted by molar-refractivity contribution is -0.121. The van der Waals surface area contributed by atoms with Crippen molar-refractivity contribution in [1.29, 1.82) is 0 Å². The van der Waals surface area contributed by atoms with Crippen molar-refractivity contribution in [3.05, 3.63) is 12.2 Å². The molecule has 3 nitrogen and oxygen atoms in total. The van der Waals surface area contributed by atoms with Crippen molar-refractivity contribution in [2.75, 3.05) is 13.1 Å². The maximum absolute atomic E-state index is 11.6. The van der Waals surface area contributed by atoms with Crippen molar-refractivity contribution in [2.24, 2.45) is 17.8 Å². The van der Waals surface area contributed by atoms with Crippen molar-refractivity contribution >= 4 is 5.91 Å². The molecule has 17 heavy (non-hydrogen) atoms. The third-order valence-electron chi connectivity index (χ3n) is 3.62.